The number of nitrogens with one attached hydrogen (secondary N) is 2. The van der Waals surface area contributed by atoms with Crippen molar-refractivity contribution in [2.45, 2.75) is 44.2 Å². The largest absolute Gasteiger partial charge is 0.351 e. The van der Waals surface area contributed by atoms with Crippen molar-refractivity contribution in [2.24, 2.45) is 0 Å². The van der Waals surface area contributed by atoms with E-state index in [2.05, 4.69) is 15.6 Å². The van der Waals surface area contributed by atoms with E-state index in [1.54, 1.807) is 41.9 Å². The first-order valence-corrected chi connectivity index (χ1v) is 12.5. The van der Waals surface area contributed by atoms with Crippen LogP contribution in [0.25, 0.3) is 0 Å². The van der Waals surface area contributed by atoms with Crippen molar-refractivity contribution in [3.8, 4) is 0 Å². The van der Waals surface area contributed by atoms with E-state index in [4.69, 9.17) is 0 Å². The number of halogens is 1. The van der Waals surface area contributed by atoms with Gasteiger partial charge in [0.25, 0.3) is 5.91 Å². The molecule has 7 nitrogen and oxygen atoms in total. The van der Waals surface area contributed by atoms with Crippen LogP contribution in [0.3, 0.4) is 0 Å². The summed E-state index contributed by atoms with van der Waals surface area (Å²) in [5.74, 6) is -2.09. The Balaban J connectivity index is 1.67. The maximum absolute atomic E-state index is 15.0. The Morgan fingerprint density at radius 3 is 2.54 bits per heavy atom. The molecule has 1 aliphatic rings. The molecule has 2 aromatic heterocycles. The molecular formula is C26H27FN4O3S. The second kappa shape index (κ2) is 11.7. The van der Waals surface area contributed by atoms with Gasteiger partial charge in [-0.3, -0.25) is 24.3 Å². The molecule has 2 N–H and O–H groups in total. The van der Waals surface area contributed by atoms with E-state index in [1.807, 2.05) is 0 Å². The van der Waals surface area contributed by atoms with E-state index in [0.29, 0.717) is 10.4 Å². The monoisotopic (exact) mass is 494 g/mol. The molecule has 0 saturated heterocycles. The first-order valence-electron chi connectivity index (χ1n) is 11.6. The van der Waals surface area contributed by atoms with Gasteiger partial charge in [0, 0.05) is 24.0 Å². The van der Waals surface area contributed by atoms with E-state index >= 15 is 0 Å². The van der Waals surface area contributed by atoms with Gasteiger partial charge in [-0.05, 0) is 42.5 Å². The smallest absolute Gasteiger partial charge is 0.261 e. The lowest BCUT2D eigenvalue weighted by molar-refractivity contribution is -0.127. The predicted molar refractivity (Wildman–Crippen MR) is 133 cm³/mol. The standard InChI is InChI=1S/C26H27FN4O3S/c27-20-11-4-5-12-21(20)31(23(32)17-29-25(33)22-13-7-15-35-22)24(18-8-6-14-28-16-18)26(34)30-19-9-2-1-3-10-19/h4-8,11-16,19,24H,1-3,9-10,17H2,(H,29,33)(H,30,34). The molecule has 0 radical (unpaired) electrons. The van der Waals surface area contributed by atoms with E-state index in [0.717, 1.165) is 37.0 Å². The fourth-order valence-corrected chi connectivity index (χ4v) is 4.92. The lowest BCUT2D eigenvalue weighted by atomic mass is 9.94. The maximum Gasteiger partial charge on any atom is 0.261 e. The van der Waals surface area contributed by atoms with E-state index in [1.165, 1.54) is 35.7 Å². The van der Waals surface area contributed by atoms with Crippen LogP contribution in [0.4, 0.5) is 10.1 Å². The van der Waals surface area contributed by atoms with Crippen LogP contribution < -0.4 is 15.5 Å². The Labute approximate surface area is 207 Å². The zero-order chi connectivity index (χ0) is 24.6. The normalized spacial score (nSPS) is 14.7. The molecule has 0 spiro atoms. The van der Waals surface area contributed by atoms with Gasteiger partial charge in [0.1, 0.15) is 11.9 Å². The van der Waals surface area contributed by atoms with E-state index < -0.39 is 36.1 Å². The summed E-state index contributed by atoms with van der Waals surface area (Å²) in [6, 6.07) is 11.4. The number of hydrogen-bond donors (Lipinski definition) is 2. The number of rotatable bonds is 8. The zero-order valence-corrected chi connectivity index (χ0v) is 20.0. The highest BCUT2D eigenvalue weighted by molar-refractivity contribution is 7.12. The van der Waals surface area contributed by atoms with Crippen LogP contribution in [-0.2, 0) is 9.59 Å². The van der Waals surface area contributed by atoms with Crippen LogP contribution in [-0.4, -0.2) is 35.3 Å². The van der Waals surface area contributed by atoms with E-state index in [-0.39, 0.29) is 11.7 Å². The van der Waals surface area contributed by atoms with Gasteiger partial charge in [-0.15, -0.1) is 11.3 Å². The molecule has 9 heteroatoms. The summed E-state index contributed by atoms with van der Waals surface area (Å²) in [7, 11) is 0. The molecule has 0 aliphatic heterocycles. The zero-order valence-electron chi connectivity index (χ0n) is 19.2. The van der Waals surface area contributed by atoms with E-state index in [9.17, 15) is 18.8 Å². The topological polar surface area (TPSA) is 91.4 Å². The van der Waals surface area contributed by atoms with Crippen molar-refractivity contribution in [3.63, 3.8) is 0 Å². The van der Waals surface area contributed by atoms with Crippen molar-refractivity contribution in [3.05, 3.63) is 82.6 Å². The fraction of sp³-hybridized carbons (Fsp3) is 0.308. The van der Waals surface area contributed by atoms with Gasteiger partial charge >= 0.3 is 0 Å². The van der Waals surface area contributed by atoms with Crippen LogP contribution in [0.15, 0.2) is 66.3 Å². The molecule has 182 valence electrons. The minimum atomic E-state index is -1.16. The second-order valence-electron chi connectivity index (χ2n) is 8.41. The molecule has 1 fully saturated rings. The van der Waals surface area contributed by atoms with Crippen LogP contribution in [0.5, 0.6) is 0 Å². The third-order valence-corrected chi connectivity index (χ3v) is 6.85. The molecule has 2 heterocycles. The first-order chi connectivity index (χ1) is 17.0. The number of nitrogens with zero attached hydrogens (tertiary/aromatic N) is 2. The number of benzene rings is 1. The van der Waals surface area contributed by atoms with Gasteiger partial charge < -0.3 is 10.6 Å². The SMILES string of the molecule is O=C(NCC(=O)N(c1ccccc1F)C(C(=O)NC1CCCCC1)c1cccnc1)c1cccs1. The summed E-state index contributed by atoms with van der Waals surface area (Å²) in [6.45, 7) is -0.404. The first kappa shape index (κ1) is 24.5. The summed E-state index contributed by atoms with van der Waals surface area (Å²) in [5.41, 5.74) is 0.400. The Kier molecular flexibility index (Phi) is 8.20. The molecular weight excluding hydrogens is 467 g/mol. The minimum Gasteiger partial charge on any atom is -0.351 e. The third-order valence-electron chi connectivity index (χ3n) is 5.98. The minimum absolute atomic E-state index is 0.00785. The summed E-state index contributed by atoms with van der Waals surface area (Å²) in [4.78, 5) is 45.3. The van der Waals surface area contributed by atoms with Crippen LogP contribution >= 0.6 is 11.3 Å². The van der Waals surface area contributed by atoms with Crippen molar-refractivity contribution in [2.75, 3.05) is 11.4 Å². The number of hydrogen-bond acceptors (Lipinski definition) is 5. The number of para-hydroxylation sites is 1. The molecule has 3 amide bonds. The Bertz CT molecular complexity index is 1150. The molecule has 3 aromatic rings. The second-order valence-corrected chi connectivity index (χ2v) is 9.36. The molecule has 35 heavy (non-hydrogen) atoms. The highest BCUT2D eigenvalue weighted by atomic mass is 32.1. The van der Waals surface area contributed by atoms with Crippen molar-refractivity contribution >= 4 is 34.7 Å². The third kappa shape index (κ3) is 6.10. The fourth-order valence-electron chi connectivity index (χ4n) is 4.28. The Morgan fingerprint density at radius 2 is 1.86 bits per heavy atom. The van der Waals surface area contributed by atoms with Crippen LogP contribution in [0.2, 0.25) is 0 Å². The van der Waals surface area contributed by atoms with Crippen LogP contribution in [0.1, 0.15) is 53.4 Å². The van der Waals surface area contributed by atoms with Crippen molar-refractivity contribution < 1.29 is 18.8 Å². The molecule has 1 atom stereocenters. The van der Waals surface area contributed by atoms with Crippen molar-refractivity contribution in [1.82, 2.24) is 15.6 Å². The summed E-state index contributed by atoms with van der Waals surface area (Å²) < 4.78 is 15.0. The lowest BCUT2D eigenvalue weighted by Crippen LogP contribution is -2.50. The highest BCUT2D eigenvalue weighted by Crippen LogP contribution is 2.30. The number of pyridine rings is 1. The molecule has 1 aromatic carbocycles. The molecule has 1 aliphatic carbocycles. The van der Waals surface area contributed by atoms with Gasteiger partial charge in [0.05, 0.1) is 17.1 Å². The number of amides is 3. The molecule has 1 saturated carbocycles. The Morgan fingerprint density at radius 1 is 1.06 bits per heavy atom. The summed E-state index contributed by atoms with van der Waals surface area (Å²) in [5, 5.41) is 7.41. The van der Waals surface area contributed by atoms with Gasteiger partial charge in [-0.2, -0.15) is 0 Å². The summed E-state index contributed by atoms with van der Waals surface area (Å²) >= 11 is 1.25. The number of anilines is 1. The quantitative estimate of drug-likeness (QED) is 0.490. The lowest BCUT2D eigenvalue weighted by Gasteiger charge is -2.33. The maximum atomic E-state index is 15.0. The number of carbonyl (C=O) groups is 3. The average Bonchev–Trinajstić information content (AvgIpc) is 3.42. The van der Waals surface area contributed by atoms with Crippen molar-refractivity contribution in [1.29, 1.82) is 0 Å². The molecule has 4 rings (SSSR count). The molecule has 1 unspecified atom stereocenters. The van der Waals surface area contributed by atoms with Gasteiger partial charge in [0.15, 0.2) is 0 Å². The number of aromatic nitrogens is 1. The summed E-state index contributed by atoms with van der Waals surface area (Å²) in [6.07, 6.45) is 7.95. The van der Waals surface area contributed by atoms with Gasteiger partial charge in [-0.25, -0.2) is 4.39 Å². The van der Waals surface area contributed by atoms with Crippen LogP contribution in [0, 0.1) is 5.82 Å². The number of thiophene rings is 1. The highest BCUT2D eigenvalue weighted by Gasteiger charge is 2.35. The van der Waals surface area contributed by atoms with Gasteiger partial charge in [0.2, 0.25) is 11.8 Å². The number of carbonyl (C=O) groups excluding carboxylic acids is 3. The average molecular weight is 495 g/mol. The molecule has 0 bridgehead atoms. The Hall–Kier alpha value is -3.59. The van der Waals surface area contributed by atoms with Gasteiger partial charge in [-0.1, -0.05) is 43.5 Å². The predicted octanol–water partition coefficient (Wildman–Crippen LogP) is 4.24.